The zero-order chi connectivity index (χ0) is 14.9. The Hall–Kier alpha value is -0.890. The molecule has 0 spiro atoms. The second-order valence-electron chi connectivity index (χ2n) is 4.88. The van der Waals surface area contributed by atoms with Crippen LogP contribution in [0.4, 0.5) is 10.1 Å². The topological polar surface area (TPSA) is 92.4 Å². The second kappa shape index (κ2) is 5.85. The molecule has 1 aromatic carbocycles. The number of sulfonamides is 1. The molecule has 20 heavy (non-hydrogen) atoms. The van der Waals surface area contributed by atoms with Gasteiger partial charge in [0.15, 0.2) is 0 Å². The molecular weight excluding hydrogens is 307 g/mol. The van der Waals surface area contributed by atoms with Crippen LogP contribution in [0.5, 0.6) is 0 Å². The van der Waals surface area contributed by atoms with Crippen LogP contribution in [0, 0.1) is 5.82 Å². The van der Waals surface area contributed by atoms with E-state index in [1.54, 1.807) is 0 Å². The number of nitrogens with one attached hydrogen (secondary N) is 1. The number of nitrogens with two attached hydrogens (primary N) is 1. The Morgan fingerprint density at radius 1 is 1.35 bits per heavy atom. The summed E-state index contributed by atoms with van der Waals surface area (Å²) >= 11 is 5.76. The van der Waals surface area contributed by atoms with Gasteiger partial charge in [0, 0.05) is 6.04 Å². The van der Waals surface area contributed by atoms with Gasteiger partial charge in [0.2, 0.25) is 10.0 Å². The highest BCUT2D eigenvalue weighted by Gasteiger charge is 2.29. The number of aliphatic hydroxyl groups excluding tert-OH is 1. The van der Waals surface area contributed by atoms with Crippen molar-refractivity contribution in [2.45, 2.75) is 42.7 Å². The van der Waals surface area contributed by atoms with Gasteiger partial charge in [0.25, 0.3) is 0 Å². The summed E-state index contributed by atoms with van der Waals surface area (Å²) in [5.41, 5.74) is 5.08. The van der Waals surface area contributed by atoms with Crippen LogP contribution in [-0.2, 0) is 10.0 Å². The van der Waals surface area contributed by atoms with E-state index in [1.165, 1.54) is 0 Å². The number of hydrogen-bond donors (Lipinski definition) is 3. The number of benzene rings is 1. The molecule has 1 aliphatic carbocycles. The van der Waals surface area contributed by atoms with Gasteiger partial charge in [-0.1, -0.05) is 24.4 Å². The Labute approximate surface area is 122 Å². The lowest BCUT2D eigenvalue weighted by atomic mass is 9.93. The van der Waals surface area contributed by atoms with Crippen LogP contribution < -0.4 is 10.5 Å². The van der Waals surface area contributed by atoms with Crippen molar-refractivity contribution in [2.24, 2.45) is 0 Å². The quantitative estimate of drug-likeness (QED) is 0.738. The number of hydrogen-bond acceptors (Lipinski definition) is 4. The van der Waals surface area contributed by atoms with Crippen LogP contribution in [0.25, 0.3) is 0 Å². The Bertz CT molecular complexity index is 609. The fourth-order valence-corrected chi connectivity index (χ4v) is 4.12. The van der Waals surface area contributed by atoms with Gasteiger partial charge in [0.05, 0.1) is 16.8 Å². The van der Waals surface area contributed by atoms with Gasteiger partial charge >= 0.3 is 0 Å². The Morgan fingerprint density at radius 2 is 2.00 bits per heavy atom. The van der Waals surface area contributed by atoms with Crippen molar-refractivity contribution >= 4 is 27.3 Å². The van der Waals surface area contributed by atoms with E-state index in [2.05, 4.69) is 4.72 Å². The SMILES string of the molecule is Nc1cc(S(=O)(=O)NC2CCCCC2O)c(Cl)cc1F. The van der Waals surface area contributed by atoms with Crippen LogP contribution in [-0.4, -0.2) is 25.7 Å². The highest BCUT2D eigenvalue weighted by molar-refractivity contribution is 7.89. The van der Waals surface area contributed by atoms with Crippen molar-refractivity contribution < 1.29 is 17.9 Å². The zero-order valence-electron chi connectivity index (χ0n) is 10.6. The molecule has 1 aromatic rings. The number of rotatable bonds is 3. The predicted molar refractivity (Wildman–Crippen MR) is 74.4 cm³/mol. The summed E-state index contributed by atoms with van der Waals surface area (Å²) in [5, 5.41) is 9.56. The summed E-state index contributed by atoms with van der Waals surface area (Å²) in [6.07, 6.45) is 2.07. The average Bonchev–Trinajstić information content (AvgIpc) is 2.36. The van der Waals surface area contributed by atoms with Gasteiger partial charge in [-0.15, -0.1) is 0 Å². The molecule has 1 aliphatic rings. The number of nitrogen functional groups attached to an aromatic ring is 1. The van der Waals surface area contributed by atoms with Gasteiger partial charge < -0.3 is 10.8 Å². The first-order valence-electron chi connectivity index (χ1n) is 6.26. The fourth-order valence-electron chi connectivity index (χ4n) is 2.26. The summed E-state index contributed by atoms with van der Waals surface area (Å²) in [6.45, 7) is 0. The summed E-state index contributed by atoms with van der Waals surface area (Å²) < 4.78 is 40.1. The third-order valence-corrected chi connectivity index (χ3v) is 5.33. The van der Waals surface area contributed by atoms with Gasteiger partial charge in [-0.3, -0.25) is 0 Å². The number of anilines is 1. The molecule has 0 heterocycles. The summed E-state index contributed by atoms with van der Waals surface area (Å²) in [6, 6.07) is 1.29. The van der Waals surface area contributed by atoms with Crippen molar-refractivity contribution in [3.63, 3.8) is 0 Å². The Kier molecular flexibility index (Phi) is 4.53. The van der Waals surface area contributed by atoms with E-state index in [0.717, 1.165) is 25.0 Å². The first-order valence-corrected chi connectivity index (χ1v) is 8.12. The normalized spacial score (nSPS) is 23.8. The molecule has 8 heteroatoms. The molecule has 2 unspecified atom stereocenters. The Balaban J connectivity index is 2.28. The van der Waals surface area contributed by atoms with Gasteiger partial charge in [0.1, 0.15) is 10.7 Å². The van der Waals surface area contributed by atoms with Crippen molar-refractivity contribution in [1.29, 1.82) is 0 Å². The lowest BCUT2D eigenvalue weighted by Gasteiger charge is -2.28. The van der Waals surface area contributed by atoms with Crippen LogP contribution in [0.2, 0.25) is 5.02 Å². The van der Waals surface area contributed by atoms with Crippen LogP contribution in [0.3, 0.4) is 0 Å². The van der Waals surface area contributed by atoms with Crippen LogP contribution in [0.15, 0.2) is 17.0 Å². The van der Waals surface area contributed by atoms with Crippen molar-refractivity contribution in [3.05, 3.63) is 23.0 Å². The maximum Gasteiger partial charge on any atom is 0.242 e. The molecule has 2 rings (SSSR count). The lowest BCUT2D eigenvalue weighted by Crippen LogP contribution is -2.45. The maximum atomic E-state index is 13.2. The monoisotopic (exact) mass is 322 g/mol. The number of halogens is 2. The molecule has 0 radical (unpaired) electrons. The van der Waals surface area contributed by atoms with E-state index in [0.29, 0.717) is 12.8 Å². The molecule has 0 aromatic heterocycles. The molecule has 4 N–H and O–H groups in total. The van der Waals surface area contributed by atoms with Crippen molar-refractivity contribution in [2.75, 3.05) is 5.73 Å². The second-order valence-corrected chi connectivity index (χ2v) is 6.97. The first kappa shape index (κ1) is 15.5. The molecule has 0 aliphatic heterocycles. The van der Waals surface area contributed by atoms with Crippen molar-refractivity contribution in [1.82, 2.24) is 4.72 Å². The molecule has 5 nitrogen and oxygen atoms in total. The minimum Gasteiger partial charge on any atom is -0.396 e. The molecule has 0 bridgehead atoms. The van der Waals surface area contributed by atoms with E-state index in [4.69, 9.17) is 17.3 Å². The third-order valence-electron chi connectivity index (χ3n) is 3.38. The summed E-state index contributed by atoms with van der Waals surface area (Å²) in [4.78, 5) is -0.282. The third kappa shape index (κ3) is 3.22. The standard InChI is InChI=1S/C12H16ClFN2O3S/c13-7-5-8(14)9(15)6-12(7)20(18,19)16-10-3-1-2-4-11(10)17/h5-6,10-11,16-17H,1-4,15H2. The van der Waals surface area contributed by atoms with Crippen molar-refractivity contribution in [3.8, 4) is 0 Å². The van der Waals surface area contributed by atoms with Gasteiger partial charge in [-0.25, -0.2) is 17.5 Å². The predicted octanol–water partition coefficient (Wildman–Crippen LogP) is 1.64. The molecule has 112 valence electrons. The highest BCUT2D eigenvalue weighted by Crippen LogP contribution is 2.27. The molecular formula is C12H16ClFN2O3S. The molecule has 0 amide bonds. The lowest BCUT2D eigenvalue weighted by molar-refractivity contribution is 0.101. The van der Waals surface area contributed by atoms with Gasteiger partial charge in [-0.2, -0.15) is 0 Å². The maximum absolute atomic E-state index is 13.2. The zero-order valence-corrected chi connectivity index (χ0v) is 12.2. The first-order chi connectivity index (χ1) is 9.31. The molecule has 1 fully saturated rings. The summed E-state index contributed by atoms with van der Waals surface area (Å²) in [7, 11) is -3.95. The molecule has 0 saturated heterocycles. The fraction of sp³-hybridized carbons (Fsp3) is 0.500. The van der Waals surface area contributed by atoms with Crippen LogP contribution in [0.1, 0.15) is 25.7 Å². The average molecular weight is 323 g/mol. The molecule has 2 atom stereocenters. The van der Waals surface area contributed by atoms with Gasteiger partial charge in [-0.05, 0) is 25.0 Å². The summed E-state index contributed by atoms with van der Waals surface area (Å²) in [5.74, 6) is -0.772. The molecule has 1 saturated carbocycles. The van der Waals surface area contributed by atoms with E-state index in [-0.39, 0.29) is 15.6 Å². The smallest absolute Gasteiger partial charge is 0.242 e. The minimum atomic E-state index is -3.95. The minimum absolute atomic E-state index is 0.241. The van der Waals surface area contributed by atoms with E-state index >= 15 is 0 Å². The van der Waals surface area contributed by atoms with E-state index < -0.39 is 28.0 Å². The largest absolute Gasteiger partial charge is 0.396 e. The Morgan fingerprint density at radius 3 is 2.65 bits per heavy atom. The number of aliphatic hydroxyl groups is 1. The van der Waals surface area contributed by atoms with E-state index in [9.17, 15) is 17.9 Å². The van der Waals surface area contributed by atoms with E-state index in [1.807, 2.05) is 0 Å². The highest BCUT2D eigenvalue weighted by atomic mass is 35.5. The van der Waals surface area contributed by atoms with Crippen LogP contribution >= 0.6 is 11.6 Å².